The summed E-state index contributed by atoms with van der Waals surface area (Å²) in [5, 5.41) is 0. The summed E-state index contributed by atoms with van der Waals surface area (Å²) in [4.78, 5) is 23.8. The van der Waals surface area contributed by atoms with Gasteiger partial charge in [0.15, 0.2) is 0 Å². The molecule has 15 heteroatoms. The minimum absolute atomic E-state index is 0.0329. The van der Waals surface area contributed by atoms with Crippen molar-refractivity contribution in [1.29, 1.82) is 0 Å². The fourth-order valence-corrected chi connectivity index (χ4v) is 7.94. The van der Waals surface area contributed by atoms with Crippen LogP contribution in [0.25, 0.3) is 18.2 Å². The molecule has 2 saturated carbocycles. The van der Waals surface area contributed by atoms with Gasteiger partial charge in [-0.15, -0.1) is 11.7 Å². The molecule has 3 aromatic rings. The minimum Gasteiger partial charge on any atom is -0.466 e. The second-order valence-corrected chi connectivity index (χ2v) is 16.2. The zero-order chi connectivity index (χ0) is 41.4. The fraction of sp³-hybridized carbons (Fsp3) is 0.442. The number of Topliss-reactive ketones (excluding diaryl/α,β-unsaturated/α-hetero) is 1. The van der Waals surface area contributed by atoms with Crippen molar-refractivity contribution in [2.24, 2.45) is 0 Å². The Balaban J connectivity index is 0.000000134. The number of hydrogen-bond acceptors (Lipinski definition) is 8. The van der Waals surface area contributed by atoms with Gasteiger partial charge in [0.05, 0.1) is 5.83 Å². The van der Waals surface area contributed by atoms with E-state index in [1.54, 1.807) is 24.7 Å². The van der Waals surface area contributed by atoms with Crippen molar-refractivity contribution in [2.45, 2.75) is 107 Å². The maximum absolute atomic E-state index is 13.1. The quantitative estimate of drug-likeness (QED) is 0.241. The molecule has 58 heavy (non-hydrogen) atoms. The number of halogens is 6. The Morgan fingerprint density at radius 3 is 1.45 bits per heavy atom. The van der Waals surface area contributed by atoms with E-state index < -0.39 is 22.9 Å². The van der Waals surface area contributed by atoms with Gasteiger partial charge in [-0.25, -0.2) is 28.1 Å². The lowest BCUT2D eigenvalue weighted by molar-refractivity contribution is -0.123. The maximum atomic E-state index is 13.1. The predicted molar refractivity (Wildman–Crippen MR) is 214 cm³/mol. The van der Waals surface area contributed by atoms with Crippen LogP contribution in [0.2, 0.25) is 0 Å². The van der Waals surface area contributed by atoms with Gasteiger partial charge in [-0.3, -0.25) is 4.79 Å². The van der Waals surface area contributed by atoms with Crippen molar-refractivity contribution in [3.63, 3.8) is 0 Å². The Kier molecular flexibility index (Phi) is 13.4. The van der Waals surface area contributed by atoms with Crippen LogP contribution in [-0.2, 0) is 4.79 Å². The van der Waals surface area contributed by atoms with E-state index in [4.69, 9.17) is 14.2 Å². The molecule has 1 atom stereocenters. The summed E-state index contributed by atoms with van der Waals surface area (Å²) in [6, 6.07) is 11.5. The number of carbonyl (C=O) groups excluding carboxylic acids is 1. The molecule has 1 unspecified atom stereocenters. The first-order chi connectivity index (χ1) is 27.7. The van der Waals surface area contributed by atoms with Crippen LogP contribution in [0.4, 0.5) is 24.8 Å². The summed E-state index contributed by atoms with van der Waals surface area (Å²) < 4.78 is 92.7. The van der Waals surface area contributed by atoms with Crippen molar-refractivity contribution >= 4 is 35.4 Å². The van der Waals surface area contributed by atoms with Crippen LogP contribution < -0.4 is 14.2 Å². The van der Waals surface area contributed by atoms with Crippen LogP contribution in [0.3, 0.4) is 0 Å². The molecule has 0 aromatic carbocycles. The number of fused-ring (bicyclic) bond motifs is 3. The van der Waals surface area contributed by atoms with Crippen LogP contribution >= 0.6 is 11.4 Å². The summed E-state index contributed by atoms with van der Waals surface area (Å²) in [6.45, 7) is 3.14. The van der Waals surface area contributed by atoms with Gasteiger partial charge in [0.25, 0.3) is 11.4 Å². The summed E-state index contributed by atoms with van der Waals surface area (Å²) in [5.41, 5.74) is 1.69. The highest BCUT2D eigenvalue weighted by atomic mass is 32.3. The van der Waals surface area contributed by atoms with Crippen LogP contribution in [0.5, 0.6) is 17.6 Å². The van der Waals surface area contributed by atoms with E-state index in [0.29, 0.717) is 72.7 Å². The van der Waals surface area contributed by atoms with Gasteiger partial charge in [0.2, 0.25) is 23.6 Å². The van der Waals surface area contributed by atoms with Gasteiger partial charge in [0, 0.05) is 86.9 Å². The molecule has 312 valence electrons. The lowest BCUT2D eigenvalue weighted by Gasteiger charge is -2.39. The van der Waals surface area contributed by atoms with Crippen molar-refractivity contribution in [1.82, 2.24) is 19.3 Å². The number of ether oxygens (including phenoxy) is 3. The Bertz CT molecular complexity index is 2020. The number of allylic oxidation sites excluding steroid dienone is 1. The molecule has 3 spiro atoms. The van der Waals surface area contributed by atoms with Gasteiger partial charge in [-0.05, 0) is 111 Å². The lowest BCUT2D eigenvalue weighted by Crippen LogP contribution is -2.43. The standard InChI is InChI=1S/C13H13F2NO.C13H12FNO.C13H13NO2.C4H10F3NS/c14-13(15)7-5-12(6-8-13)4-3-10-2-1-9-16-11(10)17-12;14-11-4-7-13(8-5-11)6-3-10-2-1-9-15-12(10)16-13;15-11-4-7-13(8-5-11)6-3-10-2-1-9-14-12(10)16-13;1-3-8(4-2)9(5,6)7/h1-4,9H,5-8H2;1-4,6,9H,5,7-8H2;1-3,6,9H,4-5,7-8H2;3-4H2,1-2H3. The van der Waals surface area contributed by atoms with Crippen LogP contribution in [-0.4, -0.2) is 60.9 Å². The molecule has 0 amide bonds. The predicted octanol–water partition coefficient (Wildman–Crippen LogP) is 11.8. The minimum atomic E-state index is -4.93. The van der Waals surface area contributed by atoms with Gasteiger partial charge in [-0.2, -0.15) is 4.31 Å². The molecular weight excluding hydrogens is 783 g/mol. The molecule has 0 saturated heterocycles. The Morgan fingerprint density at radius 1 is 0.638 bits per heavy atom. The van der Waals surface area contributed by atoms with Crippen molar-refractivity contribution < 1.29 is 43.8 Å². The number of nitrogens with zero attached hydrogens (tertiary/aromatic N) is 4. The first-order valence-electron chi connectivity index (χ1n) is 19.6. The van der Waals surface area contributed by atoms with Gasteiger partial charge in [-0.1, -0.05) is 13.8 Å². The van der Waals surface area contributed by atoms with E-state index in [0.717, 1.165) is 29.5 Å². The van der Waals surface area contributed by atoms with Crippen LogP contribution in [0.15, 0.2) is 85.1 Å². The van der Waals surface area contributed by atoms with Crippen LogP contribution in [0, 0.1) is 0 Å². The lowest BCUT2D eigenvalue weighted by atomic mass is 9.81. The van der Waals surface area contributed by atoms with E-state index in [9.17, 15) is 29.6 Å². The van der Waals surface area contributed by atoms with E-state index in [-0.39, 0.29) is 43.0 Å². The highest BCUT2D eigenvalue weighted by molar-refractivity contribution is 8.18. The molecule has 3 aromatic heterocycles. The highest BCUT2D eigenvalue weighted by Crippen LogP contribution is 2.56. The topological polar surface area (TPSA) is 86.7 Å². The monoisotopic (exact) mass is 830 g/mol. The molecule has 6 heterocycles. The number of pyridine rings is 3. The number of rotatable bonds is 3. The average molecular weight is 831 g/mol. The zero-order valence-corrected chi connectivity index (χ0v) is 33.3. The molecule has 3 aliphatic heterocycles. The number of hydrogen-bond donors (Lipinski definition) is 0. The third-order valence-electron chi connectivity index (χ3n) is 10.9. The molecule has 9 rings (SSSR count). The largest absolute Gasteiger partial charge is 0.466 e. The molecule has 2 fully saturated rings. The Labute approximate surface area is 337 Å². The average Bonchev–Trinajstić information content (AvgIpc) is 3.22. The van der Waals surface area contributed by atoms with E-state index in [1.807, 2.05) is 60.7 Å². The molecule has 6 aliphatic rings. The summed E-state index contributed by atoms with van der Waals surface area (Å²) in [6.07, 6.45) is 23.7. The van der Waals surface area contributed by atoms with Gasteiger partial charge in [0.1, 0.15) is 22.6 Å². The number of ketones is 1. The van der Waals surface area contributed by atoms with E-state index >= 15 is 0 Å². The molecular formula is C43H48F6N4O4S. The number of carbonyl (C=O) groups is 1. The van der Waals surface area contributed by atoms with Crippen LogP contribution in [0.1, 0.15) is 101 Å². The van der Waals surface area contributed by atoms with E-state index in [1.165, 1.54) is 13.8 Å². The van der Waals surface area contributed by atoms with Crippen molar-refractivity contribution in [3.8, 4) is 17.6 Å². The smallest absolute Gasteiger partial charge is 0.278 e. The number of alkyl halides is 2. The third-order valence-corrected chi connectivity index (χ3v) is 12.0. The van der Waals surface area contributed by atoms with E-state index in [2.05, 4.69) is 27.1 Å². The Hall–Kier alpha value is -4.63. The molecule has 3 aliphatic carbocycles. The SMILES string of the molecule is CCN(CC)S(F)(F)F.FC1(F)CCC2(C=Cc3cccnc3O2)CC1.FC1=CCC2(C=Cc3cccnc3O2)CC1.O=C1CCC2(C=Cc3cccnc3O2)CC1. The molecule has 0 bridgehead atoms. The normalized spacial score (nSPS) is 22.8. The molecule has 0 radical (unpaired) electrons. The third kappa shape index (κ3) is 10.9. The molecule has 0 N–H and O–H groups in total. The van der Waals surface area contributed by atoms with Crippen molar-refractivity contribution in [3.05, 3.63) is 102 Å². The van der Waals surface area contributed by atoms with Crippen molar-refractivity contribution in [2.75, 3.05) is 13.1 Å². The summed E-state index contributed by atoms with van der Waals surface area (Å²) >= 11 is -4.93. The zero-order valence-electron chi connectivity index (χ0n) is 32.5. The Morgan fingerprint density at radius 2 is 1.05 bits per heavy atom. The fourth-order valence-electron chi connectivity index (χ4n) is 7.36. The summed E-state index contributed by atoms with van der Waals surface area (Å²) in [7, 11) is 0. The summed E-state index contributed by atoms with van der Waals surface area (Å²) in [5.74, 6) is -0.323. The first kappa shape index (κ1) is 43.0. The van der Waals surface area contributed by atoms with Gasteiger partial charge >= 0.3 is 0 Å². The maximum Gasteiger partial charge on any atom is 0.278 e. The highest BCUT2D eigenvalue weighted by Gasteiger charge is 2.45. The second-order valence-electron chi connectivity index (χ2n) is 14.9. The first-order valence-corrected chi connectivity index (χ1v) is 20.9. The number of aromatic nitrogens is 3. The molecule has 8 nitrogen and oxygen atoms in total. The van der Waals surface area contributed by atoms with Gasteiger partial charge < -0.3 is 14.2 Å². The second kappa shape index (κ2) is 18.1.